The molecule has 0 fully saturated rings. The molecule has 0 saturated heterocycles. The van der Waals surface area contributed by atoms with E-state index in [0.717, 1.165) is 17.0 Å². The smallest absolute Gasteiger partial charge is 0.0499 e. The molecule has 2 aromatic rings. The Morgan fingerprint density at radius 2 is 2.19 bits per heavy atom. The van der Waals surface area contributed by atoms with Crippen molar-refractivity contribution in [2.45, 2.75) is 26.3 Å². The first-order chi connectivity index (χ1) is 7.69. The molecule has 16 heavy (non-hydrogen) atoms. The van der Waals surface area contributed by atoms with Gasteiger partial charge in [-0.1, -0.05) is 24.6 Å². The topological polar surface area (TPSA) is 30.9 Å². The summed E-state index contributed by atoms with van der Waals surface area (Å²) >= 11 is 6.20. The maximum Gasteiger partial charge on any atom is 0.0499 e. The highest BCUT2D eigenvalue weighted by Gasteiger charge is 2.13. The number of halogens is 1. The number of rotatable bonds is 3. The number of hydrogen-bond donors (Lipinski definition) is 1. The van der Waals surface area contributed by atoms with Gasteiger partial charge in [-0.15, -0.1) is 0 Å². The monoisotopic (exact) mass is 236 g/mol. The van der Waals surface area contributed by atoms with Crippen molar-refractivity contribution in [2.24, 2.45) is 5.73 Å². The molecule has 0 amide bonds. The van der Waals surface area contributed by atoms with Crippen molar-refractivity contribution in [2.75, 3.05) is 6.54 Å². The number of nitrogens with zero attached hydrogens (tertiary/aromatic N) is 1. The maximum atomic E-state index is 6.20. The molecule has 1 aromatic heterocycles. The lowest BCUT2D eigenvalue weighted by atomic mass is 10.1. The SMILES string of the molecule is CCn1c(C(C)CN)cc2c(Cl)cccc21. The molecular weight excluding hydrogens is 220 g/mol. The van der Waals surface area contributed by atoms with Crippen LogP contribution in [0.5, 0.6) is 0 Å². The highest BCUT2D eigenvalue weighted by atomic mass is 35.5. The Hall–Kier alpha value is -0.990. The van der Waals surface area contributed by atoms with Gasteiger partial charge in [-0.2, -0.15) is 0 Å². The van der Waals surface area contributed by atoms with E-state index >= 15 is 0 Å². The molecule has 2 N–H and O–H groups in total. The van der Waals surface area contributed by atoms with E-state index < -0.39 is 0 Å². The van der Waals surface area contributed by atoms with E-state index in [0.29, 0.717) is 12.5 Å². The van der Waals surface area contributed by atoms with Gasteiger partial charge < -0.3 is 10.3 Å². The van der Waals surface area contributed by atoms with Gasteiger partial charge in [0.05, 0.1) is 0 Å². The zero-order valence-corrected chi connectivity index (χ0v) is 10.5. The maximum absolute atomic E-state index is 6.20. The molecule has 0 bridgehead atoms. The van der Waals surface area contributed by atoms with Gasteiger partial charge in [0.15, 0.2) is 0 Å². The lowest BCUT2D eigenvalue weighted by Gasteiger charge is -2.12. The Kier molecular flexibility index (Phi) is 3.22. The van der Waals surface area contributed by atoms with Gasteiger partial charge in [0.2, 0.25) is 0 Å². The third-order valence-corrected chi connectivity index (χ3v) is 3.43. The van der Waals surface area contributed by atoms with Gasteiger partial charge in [0.1, 0.15) is 0 Å². The summed E-state index contributed by atoms with van der Waals surface area (Å²) in [7, 11) is 0. The first-order valence-corrected chi connectivity index (χ1v) is 6.04. The van der Waals surface area contributed by atoms with Crippen LogP contribution in [0.3, 0.4) is 0 Å². The Morgan fingerprint density at radius 3 is 2.81 bits per heavy atom. The molecule has 3 heteroatoms. The number of aromatic nitrogens is 1. The summed E-state index contributed by atoms with van der Waals surface area (Å²) < 4.78 is 2.29. The average Bonchev–Trinajstić information content (AvgIpc) is 2.68. The zero-order valence-electron chi connectivity index (χ0n) is 9.70. The summed E-state index contributed by atoms with van der Waals surface area (Å²) in [6, 6.07) is 8.20. The van der Waals surface area contributed by atoms with Crippen LogP contribution >= 0.6 is 11.6 Å². The van der Waals surface area contributed by atoms with Crippen LogP contribution in [-0.2, 0) is 6.54 Å². The second-order valence-electron chi connectivity index (χ2n) is 4.12. The van der Waals surface area contributed by atoms with Gasteiger partial charge >= 0.3 is 0 Å². The Balaban J connectivity index is 2.71. The molecule has 1 heterocycles. The largest absolute Gasteiger partial charge is 0.345 e. The number of nitrogens with two attached hydrogens (primary N) is 1. The molecule has 1 atom stereocenters. The normalized spacial score (nSPS) is 13.2. The van der Waals surface area contributed by atoms with Crippen LogP contribution in [0.15, 0.2) is 24.3 Å². The summed E-state index contributed by atoms with van der Waals surface area (Å²) in [6.07, 6.45) is 0. The second kappa shape index (κ2) is 4.48. The molecule has 0 saturated carbocycles. The van der Waals surface area contributed by atoms with Crippen LogP contribution in [0, 0.1) is 0 Å². The van der Waals surface area contributed by atoms with Gasteiger partial charge in [0.25, 0.3) is 0 Å². The van der Waals surface area contributed by atoms with Crippen LogP contribution in [-0.4, -0.2) is 11.1 Å². The van der Waals surface area contributed by atoms with Gasteiger partial charge in [-0.05, 0) is 25.1 Å². The van der Waals surface area contributed by atoms with Crippen molar-refractivity contribution in [3.05, 3.63) is 35.0 Å². The van der Waals surface area contributed by atoms with Gasteiger partial charge in [-0.3, -0.25) is 0 Å². The van der Waals surface area contributed by atoms with Crippen LogP contribution < -0.4 is 5.73 Å². The number of hydrogen-bond acceptors (Lipinski definition) is 1. The number of fused-ring (bicyclic) bond motifs is 1. The molecule has 0 aliphatic rings. The van der Waals surface area contributed by atoms with Crippen LogP contribution in [0.2, 0.25) is 5.02 Å². The van der Waals surface area contributed by atoms with E-state index in [1.807, 2.05) is 12.1 Å². The molecule has 2 rings (SSSR count). The van der Waals surface area contributed by atoms with Crippen molar-refractivity contribution < 1.29 is 0 Å². The molecule has 0 radical (unpaired) electrons. The summed E-state index contributed by atoms with van der Waals surface area (Å²) in [4.78, 5) is 0. The fraction of sp³-hybridized carbons (Fsp3) is 0.385. The van der Waals surface area contributed by atoms with E-state index in [-0.39, 0.29) is 0 Å². The molecule has 1 aromatic carbocycles. The van der Waals surface area contributed by atoms with E-state index in [2.05, 4.69) is 30.5 Å². The molecule has 0 spiro atoms. The van der Waals surface area contributed by atoms with E-state index in [1.54, 1.807) is 0 Å². The average molecular weight is 237 g/mol. The summed E-state index contributed by atoms with van der Waals surface area (Å²) in [5, 5.41) is 1.94. The predicted molar refractivity (Wildman–Crippen MR) is 70.1 cm³/mol. The molecule has 86 valence electrons. The number of aryl methyl sites for hydroxylation is 1. The second-order valence-corrected chi connectivity index (χ2v) is 4.53. The molecule has 1 unspecified atom stereocenters. The lowest BCUT2D eigenvalue weighted by molar-refractivity contribution is 0.661. The fourth-order valence-corrected chi connectivity index (χ4v) is 2.37. The summed E-state index contributed by atoms with van der Waals surface area (Å²) in [5.41, 5.74) is 8.21. The molecular formula is C13H17ClN2. The van der Waals surface area contributed by atoms with Crippen molar-refractivity contribution in [1.29, 1.82) is 0 Å². The summed E-state index contributed by atoms with van der Waals surface area (Å²) in [6.45, 7) is 5.90. The van der Waals surface area contributed by atoms with Crippen molar-refractivity contribution in [3.8, 4) is 0 Å². The minimum atomic E-state index is 0.364. The van der Waals surface area contributed by atoms with E-state index in [9.17, 15) is 0 Å². The molecule has 0 aliphatic carbocycles. The van der Waals surface area contributed by atoms with Crippen molar-refractivity contribution in [3.63, 3.8) is 0 Å². The van der Waals surface area contributed by atoms with Gasteiger partial charge in [0, 0.05) is 40.6 Å². The first kappa shape index (κ1) is 11.5. The van der Waals surface area contributed by atoms with Crippen molar-refractivity contribution in [1.82, 2.24) is 4.57 Å². The third-order valence-electron chi connectivity index (χ3n) is 3.10. The standard InChI is InChI=1S/C13H17ClN2/c1-3-16-12-6-4-5-11(14)10(12)7-13(16)9(2)8-15/h4-7,9H,3,8,15H2,1-2H3. The van der Waals surface area contributed by atoms with Crippen LogP contribution in [0.1, 0.15) is 25.5 Å². The molecule has 0 aliphatic heterocycles. The predicted octanol–water partition coefficient (Wildman–Crippen LogP) is 3.38. The summed E-state index contributed by atoms with van der Waals surface area (Å²) in [5.74, 6) is 0.364. The molecule has 2 nitrogen and oxygen atoms in total. The highest BCUT2D eigenvalue weighted by molar-refractivity contribution is 6.35. The lowest BCUT2D eigenvalue weighted by Crippen LogP contribution is -2.13. The third kappa shape index (κ3) is 1.72. The Bertz CT molecular complexity index is 502. The fourth-order valence-electron chi connectivity index (χ4n) is 2.15. The minimum Gasteiger partial charge on any atom is -0.345 e. The van der Waals surface area contributed by atoms with E-state index in [1.165, 1.54) is 11.2 Å². The zero-order chi connectivity index (χ0) is 11.7. The van der Waals surface area contributed by atoms with Crippen LogP contribution in [0.4, 0.5) is 0 Å². The Labute approximate surface area is 101 Å². The van der Waals surface area contributed by atoms with E-state index in [4.69, 9.17) is 17.3 Å². The first-order valence-electron chi connectivity index (χ1n) is 5.66. The number of benzene rings is 1. The van der Waals surface area contributed by atoms with Gasteiger partial charge in [-0.25, -0.2) is 0 Å². The minimum absolute atomic E-state index is 0.364. The highest BCUT2D eigenvalue weighted by Crippen LogP contribution is 2.30. The van der Waals surface area contributed by atoms with Crippen molar-refractivity contribution >= 4 is 22.5 Å². The quantitative estimate of drug-likeness (QED) is 0.870. The Morgan fingerprint density at radius 1 is 1.44 bits per heavy atom. The van der Waals surface area contributed by atoms with Crippen LogP contribution in [0.25, 0.3) is 10.9 Å².